The molecule has 2 aromatic rings. The average Bonchev–Trinajstić information content (AvgIpc) is 2.67. The third-order valence-corrected chi connectivity index (χ3v) is 1.86. The van der Waals surface area contributed by atoms with Crippen molar-refractivity contribution in [3.05, 3.63) is 54.3 Å². The van der Waals surface area contributed by atoms with Crippen LogP contribution in [-0.4, -0.2) is 10.2 Å². The van der Waals surface area contributed by atoms with Crippen molar-refractivity contribution in [2.45, 2.75) is 6.42 Å². The predicted octanol–water partition coefficient (Wildman–Crippen LogP) is 2.30. The van der Waals surface area contributed by atoms with Crippen LogP contribution in [0.3, 0.4) is 0 Å². The monoisotopic (exact) mass is 186 g/mol. The largest absolute Gasteiger partial charge is 0.421 e. The van der Waals surface area contributed by atoms with Gasteiger partial charge in [0.05, 0.1) is 6.42 Å². The van der Waals surface area contributed by atoms with E-state index in [4.69, 9.17) is 4.42 Å². The number of nitrogens with zero attached hydrogens (tertiary/aromatic N) is 2. The molecule has 1 aromatic heterocycles. The van der Waals surface area contributed by atoms with Crippen LogP contribution >= 0.6 is 0 Å². The van der Waals surface area contributed by atoms with Crippen molar-refractivity contribution in [2.24, 2.45) is 0 Å². The van der Waals surface area contributed by atoms with Gasteiger partial charge in [-0.1, -0.05) is 36.9 Å². The maximum absolute atomic E-state index is 5.30. The van der Waals surface area contributed by atoms with Crippen molar-refractivity contribution in [1.82, 2.24) is 10.2 Å². The first kappa shape index (κ1) is 8.69. The lowest BCUT2D eigenvalue weighted by molar-refractivity contribution is 0.496. The Hall–Kier alpha value is -1.90. The fraction of sp³-hybridized carbons (Fsp3) is 0.0909. The van der Waals surface area contributed by atoms with Gasteiger partial charge < -0.3 is 4.42 Å². The zero-order valence-corrected chi connectivity index (χ0v) is 7.68. The first-order chi connectivity index (χ1) is 6.88. The van der Waals surface area contributed by atoms with Crippen LogP contribution in [0.4, 0.5) is 0 Å². The Morgan fingerprint density at radius 2 is 2.00 bits per heavy atom. The third-order valence-electron chi connectivity index (χ3n) is 1.86. The Morgan fingerprint density at radius 1 is 1.21 bits per heavy atom. The highest BCUT2D eigenvalue weighted by Crippen LogP contribution is 2.08. The predicted molar refractivity (Wildman–Crippen MR) is 53.6 cm³/mol. The lowest BCUT2D eigenvalue weighted by Crippen LogP contribution is -1.87. The molecule has 1 heterocycles. The molecule has 70 valence electrons. The van der Waals surface area contributed by atoms with Crippen molar-refractivity contribution in [3.8, 4) is 0 Å². The summed E-state index contributed by atoms with van der Waals surface area (Å²) in [5.41, 5.74) is 1.16. The molecule has 0 fully saturated rings. The molecule has 0 unspecified atom stereocenters. The molecule has 0 aliphatic heterocycles. The summed E-state index contributed by atoms with van der Waals surface area (Å²) in [5.74, 6) is 1.09. The van der Waals surface area contributed by atoms with Gasteiger partial charge in [0.25, 0.3) is 0 Å². The van der Waals surface area contributed by atoms with Crippen LogP contribution < -0.4 is 0 Å². The van der Waals surface area contributed by atoms with Crippen LogP contribution in [0.5, 0.6) is 0 Å². The number of aromatic nitrogens is 2. The van der Waals surface area contributed by atoms with E-state index in [9.17, 15) is 0 Å². The van der Waals surface area contributed by atoms with E-state index in [2.05, 4.69) is 16.8 Å². The van der Waals surface area contributed by atoms with Crippen LogP contribution in [0.25, 0.3) is 6.08 Å². The lowest BCUT2D eigenvalue weighted by Gasteiger charge is -1.94. The first-order valence-corrected chi connectivity index (χ1v) is 4.37. The molecule has 0 saturated heterocycles. The standard InChI is InChI=1S/C11H10N2O/c1-2-10-12-13-11(14-10)8-9-6-4-3-5-7-9/h2-7H,1,8H2. The fourth-order valence-electron chi connectivity index (χ4n) is 1.19. The Morgan fingerprint density at radius 3 is 2.64 bits per heavy atom. The van der Waals surface area contributed by atoms with Crippen molar-refractivity contribution in [3.63, 3.8) is 0 Å². The van der Waals surface area contributed by atoms with E-state index in [0.29, 0.717) is 18.2 Å². The molecule has 0 amide bonds. The zero-order valence-electron chi connectivity index (χ0n) is 7.68. The normalized spacial score (nSPS) is 10.0. The molecular weight excluding hydrogens is 176 g/mol. The van der Waals surface area contributed by atoms with E-state index in [1.165, 1.54) is 0 Å². The number of hydrogen-bond acceptors (Lipinski definition) is 3. The van der Waals surface area contributed by atoms with Gasteiger partial charge in [0, 0.05) is 0 Å². The van der Waals surface area contributed by atoms with Crippen LogP contribution in [-0.2, 0) is 6.42 Å². The Labute approximate surface area is 82.1 Å². The second-order valence-corrected chi connectivity index (χ2v) is 2.90. The summed E-state index contributed by atoms with van der Waals surface area (Å²) in [6, 6.07) is 10.0. The van der Waals surface area contributed by atoms with Gasteiger partial charge in [-0.25, -0.2) is 0 Å². The van der Waals surface area contributed by atoms with Crippen molar-refractivity contribution in [1.29, 1.82) is 0 Å². The molecule has 0 radical (unpaired) electrons. The van der Waals surface area contributed by atoms with Gasteiger partial charge in [-0.15, -0.1) is 10.2 Å². The van der Waals surface area contributed by atoms with Crippen molar-refractivity contribution < 1.29 is 4.42 Å². The highest BCUT2D eigenvalue weighted by Gasteiger charge is 2.03. The number of benzene rings is 1. The highest BCUT2D eigenvalue weighted by molar-refractivity contribution is 5.32. The van der Waals surface area contributed by atoms with Crippen LogP contribution in [0, 0.1) is 0 Å². The summed E-state index contributed by atoms with van der Waals surface area (Å²) >= 11 is 0. The smallest absolute Gasteiger partial charge is 0.239 e. The Bertz CT molecular complexity index is 420. The van der Waals surface area contributed by atoms with Gasteiger partial charge in [-0.2, -0.15) is 0 Å². The maximum atomic E-state index is 5.30. The average molecular weight is 186 g/mol. The summed E-state index contributed by atoms with van der Waals surface area (Å²) in [5, 5.41) is 7.69. The third kappa shape index (κ3) is 1.88. The summed E-state index contributed by atoms with van der Waals surface area (Å²) in [6.07, 6.45) is 2.21. The number of rotatable bonds is 3. The highest BCUT2D eigenvalue weighted by atomic mass is 16.4. The van der Waals surface area contributed by atoms with Crippen molar-refractivity contribution in [2.75, 3.05) is 0 Å². The quantitative estimate of drug-likeness (QED) is 0.738. The molecule has 2 rings (SSSR count). The van der Waals surface area contributed by atoms with E-state index in [1.54, 1.807) is 6.08 Å². The molecule has 3 heteroatoms. The molecule has 0 aliphatic rings. The van der Waals surface area contributed by atoms with Gasteiger partial charge in [0.1, 0.15) is 0 Å². The molecule has 3 nitrogen and oxygen atoms in total. The minimum Gasteiger partial charge on any atom is -0.421 e. The molecule has 0 N–H and O–H groups in total. The summed E-state index contributed by atoms with van der Waals surface area (Å²) in [6.45, 7) is 3.56. The maximum Gasteiger partial charge on any atom is 0.239 e. The molecular formula is C11H10N2O. The molecule has 0 bridgehead atoms. The van der Waals surface area contributed by atoms with Gasteiger partial charge in [0.15, 0.2) is 0 Å². The van der Waals surface area contributed by atoms with Gasteiger partial charge >= 0.3 is 0 Å². The second-order valence-electron chi connectivity index (χ2n) is 2.90. The lowest BCUT2D eigenvalue weighted by atomic mass is 10.2. The second kappa shape index (κ2) is 3.87. The fourth-order valence-corrected chi connectivity index (χ4v) is 1.19. The molecule has 0 spiro atoms. The van der Waals surface area contributed by atoms with E-state index in [-0.39, 0.29) is 0 Å². The van der Waals surface area contributed by atoms with E-state index in [0.717, 1.165) is 5.56 Å². The Balaban J connectivity index is 2.15. The molecule has 0 saturated carbocycles. The molecule has 14 heavy (non-hydrogen) atoms. The topological polar surface area (TPSA) is 38.9 Å². The number of hydrogen-bond donors (Lipinski definition) is 0. The summed E-state index contributed by atoms with van der Waals surface area (Å²) in [4.78, 5) is 0. The summed E-state index contributed by atoms with van der Waals surface area (Å²) < 4.78 is 5.30. The van der Waals surface area contributed by atoms with Gasteiger partial charge in [-0.05, 0) is 11.6 Å². The van der Waals surface area contributed by atoms with E-state index < -0.39 is 0 Å². The Kier molecular flexibility index (Phi) is 2.40. The SMILES string of the molecule is C=Cc1nnc(Cc2ccccc2)o1. The van der Waals surface area contributed by atoms with Gasteiger partial charge in [-0.3, -0.25) is 0 Å². The van der Waals surface area contributed by atoms with Crippen LogP contribution in [0.1, 0.15) is 17.3 Å². The van der Waals surface area contributed by atoms with E-state index in [1.807, 2.05) is 30.3 Å². The molecule has 1 aromatic carbocycles. The molecule has 0 aliphatic carbocycles. The first-order valence-electron chi connectivity index (χ1n) is 4.37. The van der Waals surface area contributed by atoms with Gasteiger partial charge in [0.2, 0.25) is 11.8 Å². The van der Waals surface area contributed by atoms with E-state index >= 15 is 0 Å². The summed E-state index contributed by atoms with van der Waals surface area (Å²) in [7, 11) is 0. The minimum atomic E-state index is 0.468. The van der Waals surface area contributed by atoms with Crippen molar-refractivity contribution >= 4 is 6.08 Å². The van der Waals surface area contributed by atoms with Crippen LogP contribution in [0.2, 0.25) is 0 Å². The zero-order chi connectivity index (χ0) is 9.80. The minimum absolute atomic E-state index is 0.468. The van der Waals surface area contributed by atoms with Crippen LogP contribution in [0.15, 0.2) is 41.3 Å². The molecule has 0 atom stereocenters.